The van der Waals surface area contributed by atoms with Crippen LogP contribution in [0.5, 0.6) is 0 Å². The number of fused-ring (bicyclic) bond motifs is 1. The van der Waals surface area contributed by atoms with Crippen LogP contribution in [0.15, 0.2) is 82.0 Å². The fraction of sp³-hybridized carbons (Fsp3) is 0.296. The maximum Gasteiger partial charge on any atom is 0.338 e. The normalized spacial score (nSPS) is 17.5. The van der Waals surface area contributed by atoms with E-state index in [0.717, 1.165) is 16.8 Å². The van der Waals surface area contributed by atoms with Crippen molar-refractivity contribution >= 4 is 28.8 Å². The largest absolute Gasteiger partial charge is 0.456 e. The van der Waals surface area contributed by atoms with E-state index in [9.17, 15) is 14.0 Å². The second kappa shape index (κ2) is 10.1. The Morgan fingerprint density at radius 3 is 2.46 bits per heavy atom. The third-order valence-corrected chi connectivity index (χ3v) is 6.37. The molecule has 4 rings (SSSR count). The van der Waals surface area contributed by atoms with Gasteiger partial charge in [-0.3, -0.25) is 4.79 Å². The molecule has 0 radical (unpaired) electrons. The van der Waals surface area contributed by atoms with E-state index in [0.29, 0.717) is 23.0 Å². The molecule has 0 bridgehead atoms. The van der Waals surface area contributed by atoms with E-state index in [-0.39, 0.29) is 18.1 Å². The highest BCUT2D eigenvalue weighted by Gasteiger charge is 2.41. The van der Waals surface area contributed by atoms with Gasteiger partial charge >= 0.3 is 5.97 Å². The van der Waals surface area contributed by atoms with Crippen LogP contribution in [0.4, 0.5) is 4.39 Å². The molecule has 0 aromatic heterocycles. The molecule has 2 heterocycles. The van der Waals surface area contributed by atoms with Gasteiger partial charge in [0.05, 0.1) is 23.7 Å². The number of benzene rings is 2. The number of hydrogen-bond acceptors (Lipinski definition) is 6. The van der Waals surface area contributed by atoms with E-state index in [1.165, 1.54) is 23.9 Å². The second-order valence-electron chi connectivity index (χ2n) is 9.39. The minimum Gasteiger partial charge on any atom is -0.456 e. The highest BCUT2D eigenvalue weighted by molar-refractivity contribution is 8.16. The SMILES string of the molecule is CC1=C(C(=O)OC(C)(C)C)[C@H](c2ccccc2)N2C(CC(=O)NCc3ccc(F)cc3)=CSC2=N1. The van der Waals surface area contributed by atoms with E-state index in [2.05, 4.69) is 10.3 Å². The lowest BCUT2D eigenvalue weighted by Gasteiger charge is -2.37. The van der Waals surface area contributed by atoms with Gasteiger partial charge < -0.3 is 15.0 Å². The standard InChI is InChI=1S/C27H28FN3O3S/c1-17-23(25(33)34-27(2,3)4)24(19-8-6-5-7-9-19)31-21(16-35-26(31)30-17)14-22(32)29-15-18-10-12-20(28)13-11-18/h5-13,16,24H,14-15H2,1-4H3,(H,29,32)/t24-/m0/s1. The quantitative estimate of drug-likeness (QED) is 0.542. The molecule has 1 N–H and O–H groups in total. The van der Waals surface area contributed by atoms with Crippen molar-refractivity contribution in [3.05, 3.63) is 93.9 Å². The minimum atomic E-state index is -0.658. The summed E-state index contributed by atoms with van der Waals surface area (Å²) in [5.74, 6) is -0.927. The second-order valence-corrected chi connectivity index (χ2v) is 10.2. The van der Waals surface area contributed by atoms with Crippen molar-refractivity contribution in [2.45, 2.75) is 52.3 Å². The molecule has 2 aromatic rings. The number of nitrogens with one attached hydrogen (secondary N) is 1. The number of amidine groups is 1. The van der Waals surface area contributed by atoms with E-state index in [1.54, 1.807) is 12.1 Å². The predicted octanol–water partition coefficient (Wildman–Crippen LogP) is 5.45. The lowest BCUT2D eigenvalue weighted by Crippen LogP contribution is -2.39. The number of thioether (sulfide) groups is 1. The number of halogens is 1. The van der Waals surface area contributed by atoms with Crippen LogP contribution in [0.3, 0.4) is 0 Å². The summed E-state index contributed by atoms with van der Waals surface area (Å²) in [6, 6.07) is 15.2. The van der Waals surface area contributed by atoms with Gasteiger partial charge in [-0.2, -0.15) is 0 Å². The number of amides is 1. The van der Waals surface area contributed by atoms with Gasteiger partial charge in [0.15, 0.2) is 5.17 Å². The number of carbonyl (C=O) groups is 2. The van der Waals surface area contributed by atoms with Gasteiger partial charge in [-0.1, -0.05) is 54.2 Å². The summed E-state index contributed by atoms with van der Waals surface area (Å²) in [6.45, 7) is 7.60. The molecule has 0 fully saturated rings. The molecule has 6 nitrogen and oxygen atoms in total. The number of rotatable bonds is 6. The summed E-state index contributed by atoms with van der Waals surface area (Å²) < 4.78 is 18.9. The Kier molecular flexibility index (Phi) is 7.12. The zero-order valence-electron chi connectivity index (χ0n) is 20.2. The average Bonchev–Trinajstić information content (AvgIpc) is 3.19. The topological polar surface area (TPSA) is 71.0 Å². The van der Waals surface area contributed by atoms with Crippen molar-refractivity contribution in [3.8, 4) is 0 Å². The smallest absolute Gasteiger partial charge is 0.338 e. The first-order valence-corrected chi connectivity index (χ1v) is 12.2. The molecule has 0 saturated carbocycles. The van der Waals surface area contributed by atoms with Gasteiger partial charge in [0.1, 0.15) is 11.4 Å². The fourth-order valence-electron chi connectivity index (χ4n) is 3.94. The zero-order valence-corrected chi connectivity index (χ0v) is 21.0. The van der Waals surface area contributed by atoms with E-state index in [1.807, 2.05) is 68.3 Å². The van der Waals surface area contributed by atoms with Crippen molar-refractivity contribution in [2.75, 3.05) is 0 Å². The molecule has 2 aliphatic rings. The monoisotopic (exact) mass is 493 g/mol. The molecule has 182 valence electrons. The van der Waals surface area contributed by atoms with Gasteiger partial charge in [-0.25, -0.2) is 14.2 Å². The Morgan fingerprint density at radius 2 is 1.80 bits per heavy atom. The number of nitrogens with zero attached hydrogens (tertiary/aromatic N) is 2. The molecule has 1 atom stereocenters. The lowest BCUT2D eigenvalue weighted by atomic mass is 9.93. The summed E-state index contributed by atoms with van der Waals surface area (Å²) in [5.41, 5.74) is 2.85. The number of hydrogen-bond donors (Lipinski definition) is 1. The first kappa shape index (κ1) is 24.7. The molecular weight excluding hydrogens is 465 g/mol. The van der Waals surface area contributed by atoms with Crippen molar-refractivity contribution in [1.29, 1.82) is 0 Å². The van der Waals surface area contributed by atoms with Crippen LogP contribution in [0.2, 0.25) is 0 Å². The number of ether oxygens (including phenoxy) is 1. The molecule has 1 amide bonds. The van der Waals surface area contributed by atoms with Gasteiger partial charge in [-0.15, -0.1) is 0 Å². The highest BCUT2D eigenvalue weighted by atomic mass is 32.2. The van der Waals surface area contributed by atoms with Crippen LogP contribution in [-0.2, 0) is 20.9 Å². The van der Waals surface area contributed by atoms with Gasteiger partial charge in [0, 0.05) is 12.2 Å². The summed E-state index contributed by atoms with van der Waals surface area (Å²) in [5, 5.41) is 5.50. The molecule has 2 aliphatic heterocycles. The van der Waals surface area contributed by atoms with Crippen LogP contribution in [-0.4, -0.2) is 27.5 Å². The molecule has 8 heteroatoms. The first-order chi connectivity index (χ1) is 16.6. The first-order valence-electron chi connectivity index (χ1n) is 11.4. The van der Waals surface area contributed by atoms with Gasteiger partial charge in [-0.05, 0) is 56.4 Å². The Morgan fingerprint density at radius 1 is 1.11 bits per heavy atom. The van der Waals surface area contributed by atoms with E-state index in [4.69, 9.17) is 4.74 Å². The Hall–Kier alpha value is -3.39. The Bertz CT molecular complexity index is 1210. The van der Waals surface area contributed by atoms with Crippen molar-refractivity contribution in [2.24, 2.45) is 4.99 Å². The average molecular weight is 494 g/mol. The molecule has 0 spiro atoms. The highest BCUT2D eigenvalue weighted by Crippen LogP contribution is 2.45. The van der Waals surface area contributed by atoms with Crippen LogP contribution >= 0.6 is 11.8 Å². The van der Waals surface area contributed by atoms with Crippen LogP contribution < -0.4 is 5.32 Å². The Labute approximate surface area is 209 Å². The number of allylic oxidation sites excluding steroid dienone is 1. The molecule has 35 heavy (non-hydrogen) atoms. The maximum absolute atomic E-state index is 13.3. The molecule has 2 aromatic carbocycles. The predicted molar refractivity (Wildman–Crippen MR) is 136 cm³/mol. The van der Waals surface area contributed by atoms with E-state index < -0.39 is 17.6 Å². The third-order valence-electron chi connectivity index (χ3n) is 5.48. The fourth-order valence-corrected chi connectivity index (χ4v) is 4.91. The number of esters is 1. The summed E-state index contributed by atoms with van der Waals surface area (Å²) >= 11 is 1.43. The summed E-state index contributed by atoms with van der Waals surface area (Å²) in [7, 11) is 0. The van der Waals surface area contributed by atoms with Crippen LogP contribution in [0.25, 0.3) is 0 Å². The minimum absolute atomic E-state index is 0.108. The van der Waals surface area contributed by atoms with E-state index >= 15 is 0 Å². The van der Waals surface area contributed by atoms with Crippen LogP contribution in [0.1, 0.15) is 51.3 Å². The maximum atomic E-state index is 13.3. The number of aliphatic imine (C=N–C) groups is 1. The number of carbonyl (C=O) groups excluding carboxylic acids is 2. The van der Waals surface area contributed by atoms with Crippen molar-refractivity contribution in [3.63, 3.8) is 0 Å². The summed E-state index contributed by atoms with van der Waals surface area (Å²) in [6.07, 6.45) is 0.108. The van der Waals surface area contributed by atoms with Gasteiger partial charge in [0.2, 0.25) is 5.91 Å². The Balaban J connectivity index is 1.59. The third kappa shape index (κ3) is 5.82. The molecule has 0 aliphatic carbocycles. The van der Waals surface area contributed by atoms with Gasteiger partial charge in [0.25, 0.3) is 0 Å². The molecule has 0 unspecified atom stereocenters. The zero-order chi connectivity index (χ0) is 25.2. The lowest BCUT2D eigenvalue weighted by molar-refractivity contribution is -0.150. The van der Waals surface area contributed by atoms with Crippen molar-refractivity contribution in [1.82, 2.24) is 10.2 Å². The van der Waals surface area contributed by atoms with Crippen LogP contribution in [0, 0.1) is 5.82 Å². The summed E-state index contributed by atoms with van der Waals surface area (Å²) in [4.78, 5) is 32.7. The molecular formula is C27H28FN3O3S. The van der Waals surface area contributed by atoms with Crippen molar-refractivity contribution < 1.29 is 18.7 Å². The molecule has 0 saturated heterocycles.